The fraction of sp³-hybridized carbons (Fsp3) is 0.286. The van der Waals surface area contributed by atoms with E-state index < -0.39 is 0 Å². The largest absolute Gasteiger partial charge is 0.486 e. The molecule has 1 aromatic heterocycles. The molecule has 2 heterocycles. The molecule has 0 unspecified atom stereocenters. The Hall–Kier alpha value is -3.60. The number of rotatable bonds is 6. The average molecular weight is 440 g/mol. The monoisotopic (exact) mass is 439 g/mol. The first-order chi connectivity index (χ1) is 16.2. The minimum Gasteiger partial charge on any atom is -0.486 e. The number of hydrogen-bond donors (Lipinski definition) is 0. The predicted molar refractivity (Wildman–Crippen MR) is 130 cm³/mol. The molecule has 0 atom stereocenters. The van der Waals surface area contributed by atoms with Gasteiger partial charge < -0.3 is 14.2 Å². The summed E-state index contributed by atoms with van der Waals surface area (Å²) in [7, 11) is 0. The molecule has 4 aromatic rings. The first-order valence-electron chi connectivity index (χ1n) is 11.7. The maximum absolute atomic E-state index is 13.0. The van der Waals surface area contributed by atoms with E-state index in [0.717, 1.165) is 66.2 Å². The van der Waals surface area contributed by atoms with Crippen molar-refractivity contribution in [2.75, 3.05) is 13.1 Å². The Morgan fingerprint density at radius 1 is 0.939 bits per heavy atom. The summed E-state index contributed by atoms with van der Waals surface area (Å²) in [6, 6.07) is 26.0. The summed E-state index contributed by atoms with van der Waals surface area (Å²) in [6.45, 7) is 4.91. The summed E-state index contributed by atoms with van der Waals surface area (Å²) in [4.78, 5) is 19.9. The number of aryl methyl sites for hydroxylation is 1. The van der Waals surface area contributed by atoms with Crippen LogP contribution in [0.2, 0.25) is 0 Å². The van der Waals surface area contributed by atoms with Gasteiger partial charge >= 0.3 is 0 Å². The van der Waals surface area contributed by atoms with Crippen molar-refractivity contribution in [3.63, 3.8) is 0 Å². The lowest BCUT2D eigenvalue weighted by molar-refractivity contribution is 0.0682. The number of hydrogen-bond acceptors (Lipinski definition) is 3. The SMILES string of the molecule is Cc1ccccc1C(=O)N1CCC(Cn2c(COc3ccccc3)nc3ccccc32)CC1. The number of fused-ring (bicyclic) bond motifs is 1. The third-order valence-corrected chi connectivity index (χ3v) is 6.56. The van der Waals surface area contributed by atoms with E-state index in [9.17, 15) is 4.79 Å². The van der Waals surface area contributed by atoms with E-state index in [1.807, 2.05) is 72.5 Å². The molecule has 1 amide bonds. The predicted octanol–water partition coefficient (Wildman–Crippen LogP) is 5.48. The minimum atomic E-state index is 0.150. The van der Waals surface area contributed by atoms with Crippen LogP contribution in [0.3, 0.4) is 0 Å². The van der Waals surface area contributed by atoms with Gasteiger partial charge in [0.15, 0.2) is 0 Å². The third kappa shape index (κ3) is 4.63. The number of ether oxygens (including phenoxy) is 1. The molecule has 3 aromatic carbocycles. The Morgan fingerprint density at radius 3 is 2.42 bits per heavy atom. The fourth-order valence-electron chi connectivity index (χ4n) is 4.66. The Bertz CT molecular complexity index is 1240. The summed E-state index contributed by atoms with van der Waals surface area (Å²) >= 11 is 0. The van der Waals surface area contributed by atoms with E-state index in [-0.39, 0.29) is 5.91 Å². The summed E-state index contributed by atoms with van der Waals surface area (Å²) in [5, 5.41) is 0. The molecule has 1 fully saturated rings. The van der Waals surface area contributed by atoms with Crippen LogP contribution in [0.4, 0.5) is 0 Å². The zero-order valence-electron chi connectivity index (χ0n) is 19.0. The molecule has 0 bridgehead atoms. The second-order valence-electron chi connectivity index (χ2n) is 8.78. The van der Waals surface area contributed by atoms with Gasteiger partial charge in [0.1, 0.15) is 18.2 Å². The zero-order valence-corrected chi connectivity index (χ0v) is 19.0. The third-order valence-electron chi connectivity index (χ3n) is 6.56. The van der Waals surface area contributed by atoms with Crippen LogP contribution in [0.5, 0.6) is 5.75 Å². The van der Waals surface area contributed by atoms with E-state index >= 15 is 0 Å². The summed E-state index contributed by atoms with van der Waals surface area (Å²) in [6.07, 6.45) is 1.98. The summed E-state index contributed by atoms with van der Waals surface area (Å²) in [5.41, 5.74) is 3.99. The summed E-state index contributed by atoms with van der Waals surface area (Å²) in [5.74, 6) is 2.44. The van der Waals surface area contributed by atoms with Gasteiger partial charge in [-0.2, -0.15) is 0 Å². The van der Waals surface area contributed by atoms with Gasteiger partial charge in [0.05, 0.1) is 11.0 Å². The van der Waals surface area contributed by atoms with Gasteiger partial charge in [-0.05, 0) is 61.6 Å². The average Bonchev–Trinajstić information content (AvgIpc) is 3.21. The van der Waals surface area contributed by atoms with Gasteiger partial charge in [-0.15, -0.1) is 0 Å². The lowest BCUT2D eigenvalue weighted by Crippen LogP contribution is -2.39. The van der Waals surface area contributed by atoms with Gasteiger partial charge in [-0.1, -0.05) is 48.5 Å². The van der Waals surface area contributed by atoms with E-state index in [2.05, 4.69) is 22.8 Å². The van der Waals surface area contributed by atoms with Gasteiger partial charge in [0.2, 0.25) is 0 Å². The Morgan fingerprint density at radius 2 is 1.64 bits per heavy atom. The quantitative estimate of drug-likeness (QED) is 0.400. The summed E-state index contributed by atoms with van der Waals surface area (Å²) < 4.78 is 8.33. The molecule has 0 radical (unpaired) electrons. The van der Waals surface area contributed by atoms with Crippen LogP contribution in [-0.4, -0.2) is 33.4 Å². The van der Waals surface area contributed by atoms with Crippen LogP contribution in [0.15, 0.2) is 78.9 Å². The normalized spacial score (nSPS) is 14.5. The maximum Gasteiger partial charge on any atom is 0.254 e. The topological polar surface area (TPSA) is 47.4 Å². The highest BCUT2D eigenvalue weighted by molar-refractivity contribution is 5.95. The zero-order chi connectivity index (χ0) is 22.6. The van der Waals surface area contributed by atoms with Crippen molar-refractivity contribution in [2.24, 2.45) is 5.92 Å². The molecule has 1 aliphatic rings. The van der Waals surface area contributed by atoms with Crippen molar-refractivity contribution in [2.45, 2.75) is 32.9 Å². The van der Waals surface area contributed by atoms with Crippen molar-refractivity contribution in [3.05, 3.63) is 95.8 Å². The molecule has 33 heavy (non-hydrogen) atoms. The number of nitrogens with zero attached hydrogens (tertiary/aromatic N) is 3. The number of benzene rings is 3. The lowest BCUT2D eigenvalue weighted by atomic mass is 9.95. The van der Waals surface area contributed by atoms with Crippen LogP contribution in [0, 0.1) is 12.8 Å². The van der Waals surface area contributed by atoms with Crippen LogP contribution < -0.4 is 4.74 Å². The molecule has 0 saturated carbocycles. The molecule has 1 aliphatic heterocycles. The highest BCUT2D eigenvalue weighted by atomic mass is 16.5. The molecule has 5 rings (SSSR count). The highest BCUT2D eigenvalue weighted by Crippen LogP contribution is 2.25. The van der Waals surface area contributed by atoms with Crippen molar-refractivity contribution in [1.29, 1.82) is 0 Å². The standard InChI is InChI=1S/C28H29N3O2/c1-21-9-5-6-12-24(21)28(32)30-17-15-22(16-18-30)19-31-26-14-8-7-13-25(26)29-27(31)20-33-23-10-3-2-4-11-23/h2-14,22H,15-20H2,1H3. The minimum absolute atomic E-state index is 0.150. The number of amides is 1. The van der Waals surface area contributed by atoms with Gasteiger partial charge in [-0.3, -0.25) is 4.79 Å². The van der Waals surface area contributed by atoms with Gasteiger partial charge in [0.25, 0.3) is 5.91 Å². The van der Waals surface area contributed by atoms with Crippen molar-refractivity contribution in [1.82, 2.24) is 14.5 Å². The van der Waals surface area contributed by atoms with Crippen molar-refractivity contribution in [3.8, 4) is 5.75 Å². The van der Waals surface area contributed by atoms with E-state index in [1.165, 1.54) is 0 Å². The van der Waals surface area contributed by atoms with Gasteiger partial charge in [0, 0.05) is 25.2 Å². The molecular weight excluding hydrogens is 410 g/mol. The van der Waals surface area contributed by atoms with Gasteiger partial charge in [-0.25, -0.2) is 4.98 Å². The number of aromatic nitrogens is 2. The molecule has 168 valence electrons. The Kier molecular flexibility index (Phi) is 6.11. The lowest BCUT2D eigenvalue weighted by Gasteiger charge is -2.33. The molecule has 5 heteroatoms. The van der Waals surface area contributed by atoms with Crippen LogP contribution in [-0.2, 0) is 13.2 Å². The Labute approximate surface area is 194 Å². The maximum atomic E-state index is 13.0. The molecular formula is C28H29N3O2. The van der Waals surface area contributed by atoms with Crippen molar-refractivity contribution < 1.29 is 9.53 Å². The second-order valence-corrected chi connectivity index (χ2v) is 8.78. The molecule has 0 N–H and O–H groups in total. The van der Waals surface area contributed by atoms with Crippen LogP contribution in [0.1, 0.15) is 34.6 Å². The highest BCUT2D eigenvalue weighted by Gasteiger charge is 2.25. The Balaban J connectivity index is 1.28. The number of carbonyl (C=O) groups is 1. The molecule has 0 aliphatic carbocycles. The number of piperidine rings is 1. The number of carbonyl (C=O) groups excluding carboxylic acids is 1. The van der Waals surface area contributed by atoms with E-state index in [4.69, 9.17) is 9.72 Å². The fourth-order valence-corrected chi connectivity index (χ4v) is 4.66. The second kappa shape index (κ2) is 9.49. The van der Waals surface area contributed by atoms with E-state index in [0.29, 0.717) is 12.5 Å². The molecule has 5 nitrogen and oxygen atoms in total. The first-order valence-corrected chi connectivity index (χ1v) is 11.7. The van der Waals surface area contributed by atoms with Crippen LogP contribution in [0.25, 0.3) is 11.0 Å². The molecule has 1 saturated heterocycles. The smallest absolute Gasteiger partial charge is 0.254 e. The molecule has 0 spiro atoms. The number of likely N-dealkylation sites (tertiary alicyclic amines) is 1. The number of para-hydroxylation sites is 3. The number of imidazole rings is 1. The first kappa shape index (κ1) is 21.3. The van der Waals surface area contributed by atoms with E-state index in [1.54, 1.807) is 0 Å². The van der Waals surface area contributed by atoms with Crippen molar-refractivity contribution >= 4 is 16.9 Å². The van der Waals surface area contributed by atoms with Crippen LogP contribution >= 0.6 is 0 Å².